The van der Waals surface area contributed by atoms with Gasteiger partial charge >= 0.3 is 0 Å². The Morgan fingerprint density at radius 1 is 0.500 bits per heavy atom. The van der Waals surface area contributed by atoms with Gasteiger partial charge in [-0.3, -0.25) is 0 Å². The van der Waals surface area contributed by atoms with Crippen molar-refractivity contribution in [3.63, 3.8) is 0 Å². The Morgan fingerprint density at radius 2 is 0.944 bits per heavy atom. The van der Waals surface area contributed by atoms with Gasteiger partial charge in [0, 0.05) is 33.9 Å². The number of nitrogens with zero attached hydrogens (tertiary/aromatic N) is 2. The highest BCUT2D eigenvalue weighted by Crippen LogP contribution is 2.52. The van der Waals surface area contributed by atoms with Crippen LogP contribution in [0.25, 0.3) is 22.3 Å². The van der Waals surface area contributed by atoms with Crippen LogP contribution in [0.3, 0.4) is 0 Å². The van der Waals surface area contributed by atoms with Gasteiger partial charge in [-0.15, -0.1) is 0 Å². The van der Waals surface area contributed by atoms with Gasteiger partial charge in [0.25, 0.3) is 6.71 Å². The molecule has 3 heteroatoms. The predicted octanol–water partition coefficient (Wildman–Crippen LogP) is 12.2. The third-order valence-corrected chi connectivity index (χ3v) is 11.8. The van der Waals surface area contributed by atoms with Crippen LogP contribution in [-0.4, -0.2) is 6.71 Å². The minimum Gasteiger partial charge on any atom is -0.314 e. The molecule has 0 amide bonds. The summed E-state index contributed by atoms with van der Waals surface area (Å²) in [6.45, 7) is 16.5. The maximum Gasteiger partial charge on any atom is 0.251 e. The van der Waals surface area contributed by atoms with Gasteiger partial charge in [-0.2, -0.15) is 0 Å². The number of hydrogen-bond acceptors (Lipinski definition) is 2. The first-order valence-electron chi connectivity index (χ1n) is 19.6. The van der Waals surface area contributed by atoms with E-state index in [4.69, 9.17) is 0 Å². The Labute approximate surface area is 322 Å². The predicted molar refractivity (Wildman–Crippen MR) is 232 cm³/mol. The number of allylic oxidation sites excluding steroid dienone is 3. The standard InChI is InChI=1S/C51H49BN2/c1-34-26-31-45-48-49(34)54(44-25-17-15-23-40(44)36-20-12-9-13-21-36)47-33-38(51(5,6)7)28-30-42(47)52(48)41-29-27-37(50(2,3)4)32-46(41)53(45)43-24-16-14-22-39(43)35-18-10-8-11-19-35/h8-25,27-34H,26H2,1-7H3. The maximum absolute atomic E-state index is 2.66. The number of hydrogen-bond donors (Lipinski definition) is 0. The van der Waals surface area contributed by atoms with Crippen LogP contribution in [-0.2, 0) is 10.8 Å². The van der Waals surface area contributed by atoms with Crippen molar-refractivity contribution >= 4 is 40.4 Å². The summed E-state index contributed by atoms with van der Waals surface area (Å²) in [6, 6.07) is 54.5. The molecule has 0 aromatic heterocycles. The molecular weight excluding hydrogens is 651 g/mol. The second kappa shape index (κ2) is 12.8. The fourth-order valence-electron chi connectivity index (χ4n) is 8.97. The van der Waals surface area contributed by atoms with Crippen LogP contribution in [0.4, 0.5) is 22.7 Å². The number of benzene rings is 6. The number of anilines is 4. The molecule has 2 aliphatic heterocycles. The Kier molecular flexibility index (Phi) is 8.12. The van der Waals surface area contributed by atoms with Crippen LogP contribution in [0.1, 0.15) is 66.0 Å². The molecule has 6 aromatic rings. The first kappa shape index (κ1) is 34.2. The smallest absolute Gasteiger partial charge is 0.251 e. The third kappa shape index (κ3) is 5.56. The zero-order valence-corrected chi connectivity index (χ0v) is 32.7. The van der Waals surface area contributed by atoms with E-state index in [0.29, 0.717) is 5.92 Å². The van der Waals surface area contributed by atoms with Crippen molar-refractivity contribution in [3.05, 3.63) is 180 Å². The summed E-state index contributed by atoms with van der Waals surface area (Å²) in [7, 11) is 0. The van der Waals surface area contributed by atoms with Crippen molar-refractivity contribution in [1.82, 2.24) is 0 Å². The fraction of sp³-hybridized carbons (Fsp3) is 0.216. The van der Waals surface area contributed by atoms with E-state index in [0.717, 1.165) is 6.42 Å². The van der Waals surface area contributed by atoms with Crippen molar-refractivity contribution in [2.75, 3.05) is 9.80 Å². The molecule has 0 radical (unpaired) electrons. The summed E-state index contributed by atoms with van der Waals surface area (Å²) in [5.74, 6) is 0.308. The molecule has 1 atom stereocenters. The number of para-hydroxylation sites is 2. The van der Waals surface area contributed by atoms with Crippen molar-refractivity contribution < 1.29 is 0 Å². The average Bonchev–Trinajstić information content (AvgIpc) is 3.18. The molecule has 54 heavy (non-hydrogen) atoms. The van der Waals surface area contributed by atoms with Gasteiger partial charge in [-0.25, -0.2) is 0 Å². The van der Waals surface area contributed by atoms with Crippen molar-refractivity contribution in [3.8, 4) is 22.3 Å². The highest BCUT2D eigenvalue weighted by Gasteiger charge is 2.48. The molecule has 1 unspecified atom stereocenters. The summed E-state index contributed by atoms with van der Waals surface area (Å²) in [5, 5.41) is 0. The van der Waals surface area contributed by atoms with Crippen molar-refractivity contribution in [1.29, 1.82) is 0 Å². The SMILES string of the molecule is CC1CC=C2C3=C1N(c1ccccc1-c1ccccc1)c1cc(C(C)(C)C)ccc1B3c1ccc(C(C)(C)C)cc1N2c1ccccc1-c1ccccc1. The van der Waals surface area contributed by atoms with Gasteiger partial charge in [0.1, 0.15) is 0 Å². The first-order valence-corrected chi connectivity index (χ1v) is 19.6. The Morgan fingerprint density at radius 3 is 1.44 bits per heavy atom. The van der Waals surface area contributed by atoms with Gasteiger partial charge in [0.05, 0.1) is 11.4 Å². The zero-order valence-electron chi connectivity index (χ0n) is 32.7. The van der Waals surface area contributed by atoms with E-state index in [1.165, 1.54) is 83.9 Å². The molecule has 6 aromatic carbocycles. The van der Waals surface area contributed by atoms with Gasteiger partial charge in [-0.05, 0) is 86.1 Å². The summed E-state index contributed by atoms with van der Waals surface area (Å²) in [4.78, 5) is 5.27. The maximum atomic E-state index is 2.66. The van der Waals surface area contributed by atoms with Gasteiger partial charge in [-0.1, -0.05) is 176 Å². The lowest BCUT2D eigenvalue weighted by Gasteiger charge is -2.50. The highest BCUT2D eigenvalue weighted by molar-refractivity contribution is 6.94. The Balaban J connectivity index is 1.39. The molecule has 3 aliphatic rings. The highest BCUT2D eigenvalue weighted by atomic mass is 15.2. The lowest BCUT2D eigenvalue weighted by atomic mass is 9.31. The molecule has 0 saturated heterocycles. The van der Waals surface area contributed by atoms with E-state index in [1.54, 1.807) is 0 Å². The van der Waals surface area contributed by atoms with Gasteiger partial charge < -0.3 is 9.80 Å². The molecule has 1 aliphatic carbocycles. The van der Waals surface area contributed by atoms with Crippen molar-refractivity contribution in [2.24, 2.45) is 5.92 Å². The second-order valence-corrected chi connectivity index (χ2v) is 17.4. The zero-order chi connectivity index (χ0) is 37.4. The molecule has 2 heterocycles. The number of rotatable bonds is 4. The normalized spacial score (nSPS) is 16.5. The van der Waals surface area contributed by atoms with Crippen LogP contribution in [0.5, 0.6) is 0 Å². The Hall–Kier alpha value is -5.54. The topological polar surface area (TPSA) is 6.48 Å². The molecule has 0 bridgehead atoms. The van der Waals surface area contributed by atoms with E-state index in [9.17, 15) is 0 Å². The minimum atomic E-state index is 0.000411. The summed E-state index contributed by atoms with van der Waals surface area (Å²) >= 11 is 0. The monoisotopic (exact) mass is 700 g/mol. The first-order chi connectivity index (χ1) is 26.0. The molecular formula is C51H49BN2. The molecule has 0 N–H and O–H groups in total. The van der Waals surface area contributed by atoms with Gasteiger partial charge in [0.15, 0.2) is 0 Å². The Bertz CT molecular complexity index is 2460. The lowest BCUT2D eigenvalue weighted by Crippen LogP contribution is -2.58. The molecule has 0 spiro atoms. The van der Waals surface area contributed by atoms with Crippen LogP contribution in [0, 0.1) is 5.92 Å². The van der Waals surface area contributed by atoms with Gasteiger partial charge in [0.2, 0.25) is 0 Å². The summed E-state index contributed by atoms with van der Waals surface area (Å²) in [5.41, 5.74) is 19.5. The third-order valence-electron chi connectivity index (χ3n) is 11.8. The molecule has 0 saturated carbocycles. The average molecular weight is 701 g/mol. The van der Waals surface area contributed by atoms with E-state index in [1.807, 2.05) is 0 Å². The van der Waals surface area contributed by atoms with Crippen LogP contribution < -0.4 is 20.7 Å². The fourth-order valence-corrected chi connectivity index (χ4v) is 8.97. The van der Waals surface area contributed by atoms with E-state index in [2.05, 4.69) is 210 Å². The lowest BCUT2D eigenvalue weighted by molar-refractivity contribution is 0.590. The summed E-state index contributed by atoms with van der Waals surface area (Å²) in [6.07, 6.45) is 3.50. The molecule has 9 rings (SSSR count). The largest absolute Gasteiger partial charge is 0.314 e. The van der Waals surface area contributed by atoms with E-state index < -0.39 is 0 Å². The van der Waals surface area contributed by atoms with Crippen LogP contribution in [0.2, 0.25) is 0 Å². The molecule has 0 fully saturated rings. The van der Waals surface area contributed by atoms with Crippen LogP contribution in [0.15, 0.2) is 169 Å². The minimum absolute atomic E-state index is 0.000411. The van der Waals surface area contributed by atoms with Crippen LogP contribution >= 0.6 is 0 Å². The number of fused-ring (bicyclic) bond motifs is 4. The van der Waals surface area contributed by atoms with Crippen molar-refractivity contribution in [2.45, 2.75) is 65.7 Å². The molecule has 2 nitrogen and oxygen atoms in total. The van der Waals surface area contributed by atoms with E-state index in [-0.39, 0.29) is 17.5 Å². The quantitative estimate of drug-likeness (QED) is 0.169. The second-order valence-electron chi connectivity index (χ2n) is 17.4. The summed E-state index contributed by atoms with van der Waals surface area (Å²) < 4.78 is 0. The van der Waals surface area contributed by atoms with E-state index >= 15 is 0 Å². The molecule has 266 valence electrons.